The van der Waals surface area contributed by atoms with E-state index in [2.05, 4.69) is 10.3 Å². The molecule has 2 heterocycles. The molecule has 0 aromatic rings. The zero-order valence-electron chi connectivity index (χ0n) is 17.2. The molecule has 7 nitrogen and oxygen atoms in total. The smallest absolute Gasteiger partial charge is 0.250 e. The molecule has 1 aliphatic carbocycles. The highest BCUT2D eigenvalue weighted by molar-refractivity contribution is 6.12. The lowest BCUT2D eigenvalue weighted by Gasteiger charge is -2.46. The SMILES string of the molecule is CC1=CC=CN2C1=NC(=O)C[C@@]2(C)C(=O)N(CC(=O)NC(C)C)C1CCCC1. The van der Waals surface area contributed by atoms with E-state index in [1.807, 2.05) is 32.9 Å². The molecule has 7 heteroatoms. The van der Waals surface area contributed by atoms with Crippen LogP contribution in [0.4, 0.5) is 0 Å². The minimum Gasteiger partial charge on any atom is -0.352 e. The molecule has 28 heavy (non-hydrogen) atoms. The van der Waals surface area contributed by atoms with Gasteiger partial charge < -0.3 is 15.1 Å². The Hall–Kier alpha value is -2.44. The van der Waals surface area contributed by atoms with E-state index in [0.29, 0.717) is 5.84 Å². The van der Waals surface area contributed by atoms with Gasteiger partial charge >= 0.3 is 0 Å². The Bertz CT molecular complexity index is 762. The van der Waals surface area contributed by atoms with Crippen molar-refractivity contribution in [1.29, 1.82) is 0 Å². The van der Waals surface area contributed by atoms with Crippen molar-refractivity contribution in [3.63, 3.8) is 0 Å². The van der Waals surface area contributed by atoms with Gasteiger partial charge in [0.25, 0.3) is 5.91 Å². The third-order valence-electron chi connectivity index (χ3n) is 5.67. The Balaban J connectivity index is 1.91. The maximum absolute atomic E-state index is 13.8. The second-order valence-electron chi connectivity index (χ2n) is 8.43. The van der Waals surface area contributed by atoms with Crippen LogP contribution >= 0.6 is 0 Å². The van der Waals surface area contributed by atoms with Gasteiger partial charge in [-0.05, 0) is 52.2 Å². The van der Waals surface area contributed by atoms with Gasteiger partial charge in [-0.15, -0.1) is 0 Å². The van der Waals surface area contributed by atoms with Crippen LogP contribution in [0.2, 0.25) is 0 Å². The summed E-state index contributed by atoms with van der Waals surface area (Å²) in [7, 11) is 0. The van der Waals surface area contributed by atoms with Gasteiger partial charge in [-0.3, -0.25) is 14.4 Å². The summed E-state index contributed by atoms with van der Waals surface area (Å²) in [6.45, 7) is 7.48. The summed E-state index contributed by atoms with van der Waals surface area (Å²) in [6.07, 6.45) is 9.42. The summed E-state index contributed by atoms with van der Waals surface area (Å²) in [4.78, 5) is 46.3. The molecule has 3 aliphatic rings. The van der Waals surface area contributed by atoms with Crippen LogP contribution in [-0.2, 0) is 14.4 Å². The number of hydrogen-bond acceptors (Lipinski definition) is 4. The van der Waals surface area contributed by atoms with Gasteiger partial charge in [-0.2, -0.15) is 4.99 Å². The predicted molar refractivity (Wildman–Crippen MR) is 107 cm³/mol. The van der Waals surface area contributed by atoms with Crippen molar-refractivity contribution in [3.05, 3.63) is 23.9 Å². The minimum atomic E-state index is -1.08. The first kappa shape index (κ1) is 20.3. The average Bonchev–Trinajstić information content (AvgIpc) is 3.14. The first-order valence-electron chi connectivity index (χ1n) is 10.1. The second-order valence-corrected chi connectivity index (χ2v) is 8.43. The standard InChI is InChI=1S/C21H30N4O3/c1-14(2)22-18(27)13-24(16-9-5-6-10-16)20(28)21(4)12-17(26)23-19-15(3)8-7-11-25(19)21/h7-8,11,14,16H,5-6,9-10,12-13H2,1-4H3,(H,22,27)/t21-/m0/s1. The number of nitrogens with zero attached hydrogens (tertiary/aromatic N) is 3. The molecule has 0 saturated heterocycles. The van der Waals surface area contributed by atoms with E-state index in [0.717, 1.165) is 31.3 Å². The summed E-state index contributed by atoms with van der Waals surface area (Å²) >= 11 is 0. The van der Waals surface area contributed by atoms with Crippen molar-refractivity contribution in [2.24, 2.45) is 4.99 Å². The van der Waals surface area contributed by atoms with Gasteiger partial charge in [0.05, 0.1) is 13.0 Å². The predicted octanol–water partition coefficient (Wildman–Crippen LogP) is 2.15. The number of fused-ring (bicyclic) bond motifs is 1. The Morgan fingerprint density at radius 3 is 2.68 bits per heavy atom. The van der Waals surface area contributed by atoms with Crippen LogP contribution in [-0.4, -0.2) is 57.5 Å². The highest BCUT2D eigenvalue weighted by Gasteiger charge is 2.49. The molecule has 1 saturated carbocycles. The molecule has 1 N–H and O–H groups in total. The molecular weight excluding hydrogens is 356 g/mol. The number of aliphatic imine (C=N–C) groups is 1. The Labute approximate surface area is 166 Å². The van der Waals surface area contributed by atoms with E-state index in [-0.39, 0.29) is 42.8 Å². The monoisotopic (exact) mass is 386 g/mol. The van der Waals surface area contributed by atoms with Gasteiger partial charge in [0.1, 0.15) is 11.4 Å². The summed E-state index contributed by atoms with van der Waals surface area (Å²) < 4.78 is 0. The molecule has 0 radical (unpaired) electrons. The fraction of sp³-hybridized carbons (Fsp3) is 0.619. The Morgan fingerprint density at radius 1 is 1.36 bits per heavy atom. The van der Waals surface area contributed by atoms with Gasteiger partial charge in [0.2, 0.25) is 11.8 Å². The van der Waals surface area contributed by atoms with E-state index in [9.17, 15) is 14.4 Å². The van der Waals surface area contributed by atoms with Gasteiger partial charge in [-0.1, -0.05) is 18.9 Å². The molecule has 3 rings (SSSR count). The van der Waals surface area contributed by atoms with Crippen molar-refractivity contribution >= 4 is 23.6 Å². The van der Waals surface area contributed by atoms with Crippen LogP contribution < -0.4 is 5.32 Å². The van der Waals surface area contributed by atoms with E-state index >= 15 is 0 Å². The van der Waals surface area contributed by atoms with Crippen molar-refractivity contribution in [3.8, 4) is 0 Å². The number of carbonyl (C=O) groups is 3. The molecule has 0 aromatic heterocycles. The normalized spacial score (nSPS) is 24.8. The van der Waals surface area contributed by atoms with Crippen LogP contribution in [0.3, 0.4) is 0 Å². The fourth-order valence-electron chi connectivity index (χ4n) is 4.28. The molecule has 2 aliphatic heterocycles. The van der Waals surface area contributed by atoms with Crippen LogP contribution in [0.5, 0.6) is 0 Å². The number of allylic oxidation sites excluding steroid dienone is 2. The summed E-state index contributed by atoms with van der Waals surface area (Å²) in [6, 6.07) is 0.0430. The lowest BCUT2D eigenvalue weighted by molar-refractivity contribution is -0.148. The third kappa shape index (κ3) is 3.88. The van der Waals surface area contributed by atoms with Crippen molar-refractivity contribution in [1.82, 2.24) is 15.1 Å². The van der Waals surface area contributed by atoms with E-state index < -0.39 is 5.54 Å². The first-order chi connectivity index (χ1) is 13.2. The molecule has 152 valence electrons. The van der Waals surface area contributed by atoms with Crippen molar-refractivity contribution in [2.45, 2.75) is 77.4 Å². The average molecular weight is 386 g/mol. The largest absolute Gasteiger partial charge is 0.352 e. The number of amides is 3. The highest BCUT2D eigenvalue weighted by atomic mass is 16.2. The topological polar surface area (TPSA) is 82.1 Å². The molecule has 1 fully saturated rings. The van der Waals surface area contributed by atoms with E-state index in [1.54, 1.807) is 22.9 Å². The Kier molecular flexibility index (Phi) is 5.72. The molecule has 1 atom stereocenters. The number of amidine groups is 1. The highest BCUT2D eigenvalue weighted by Crippen LogP contribution is 2.34. The Morgan fingerprint density at radius 2 is 2.04 bits per heavy atom. The van der Waals surface area contributed by atoms with E-state index in [1.165, 1.54) is 0 Å². The second kappa shape index (κ2) is 7.89. The first-order valence-corrected chi connectivity index (χ1v) is 10.1. The molecule has 0 spiro atoms. The number of carbonyl (C=O) groups excluding carboxylic acids is 3. The van der Waals surface area contributed by atoms with Gasteiger partial charge in [0, 0.05) is 18.3 Å². The molecule has 0 aromatic carbocycles. The summed E-state index contributed by atoms with van der Waals surface area (Å²) in [5.74, 6) is -0.130. The van der Waals surface area contributed by atoms with Crippen LogP contribution in [0.15, 0.2) is 28.9 Å². The summed E-state index contributed by atoms with van der Waals surface area (Å²) in [5, 5.41) is 2.88. The lowest BCUT2D eigenvalue weighted by atomic mass is 9.88. The number of nitrogens with one attached hydrogen (secondary N) is 1. The van der Waals surface area contributed by atoms with Gasteiger partial charge in [-0.25, -0.2) is 0 Å². The molecule has 0 unspecified atom stereocenters. The number of rotatable bonds is 5. The summed E-state index contributed by atoms with van der Waals surface area (Å²) in [5.41, 5.74) is -0.236. The molecule has 0 bridgehead atoms. The van der Waals surface area contributed by atoms with Crippen LogP contribution in [0.25, 0.3) is 0 Å². The minimum absolute atomic E-state index is 0.00196. The third-order valence-corrected chi connectivity index (χ3v) is 5.67. The maximum atomic E-state index is 13.8. The zero-order valence-corrected chi connectivity index (χ0v) is 17.2. The van der Waals surface area contributed by atoms with Crippen LogP contribution in [0, 0.1) is 0 Å². The quantitative estimate of drug-likeness (QED) is 0.785. The van der Waals surface area contributed by atoms with Crippen molar-refractivity contribution < 1.29 is 14.4 Å². The number of hydrogen-bond donors (Lipinski definition) is 1. The maximum Gasteiger partial charge on any atom is 0.250 e. The van der Waals surface area contributed by atoms with Crippen molar-refractivity contribution in [2.75, 3.05) is 6.54 Å². The lowest BCUT2D eigenvalue weighted by Crippen LogP contribution is -2.63. The molecule has 3 amide bonds. The van der Waals surface area contributed by atoms with E-state index in [4.69, 9.17) is 0 Å². The fourth-order valence-corrected chi connectivity index (χ4v) is 4.28. The zero-order chi connectivity index (χ0) is 20.5. The van der Waals surface area contributed by atoms with Gasteiger partial charge in [0.15, 0.2) is 0 Å². The molecular formula is C21H30N4O3. The van der Waals surface area contributed by atoms with Crippen LogP contribution in [0.1, 0.15) is 59.8 Å².